The fourth-order valence-electron chi connectivity index (χ4n) is 2.13. The molecule has 0 saturated heterocycles. The van der Waals surface area contributed by atoms with Crippen LogP contribution in [0, 0.1) is 5.92 Å². The zero-order chi connectivity index (χ0) is 12.0. The summed E-state index contributed by atoms with van der Waals surface area (Å²) in [6.07, 6.45) is 7.10. The van der Waals surface area contributed by atoms with Crippen LogP contribution in [-0.4, -0.2) is 14.9 Å². The molecule has 0 bridgehead atoms. The topological polar surface area (TPSA) is 38.1 Å². The lowest BCUT2D eigenvalue weighted by atomic mass is 9.92. The highest BCUT2D eigenvalue weighted by molar-refractivity contribution is 5.03. The van der Waals surface area contributed by atoms with E-state index in [1.54, 1.807) is 10.9 Å². The van der Waals surface area contributed by atoms with Gasteiger partial charge in [0, 0.05) is 13.2 Å². The van der Waals surface area contributed by atoms with E-state index in [4.69, 9.17) is 0 Å². The first-order chi connectivity index (χ1) is 7.69. The monoisotopic (exact) mass is 224 g/mol. The molecule has 0 aliphatic rings. The van der Waals surface area contributed by atoms with Crippen molar-refractivity contribution in [3.8, 4) is 0 Å². The number of hydrogen-bond acceptors (Lipinski definition) is 2. The first-order valence-corrected chi connectivity index (χ1v) is 6.35. The van der Waals surface area contributed by atoms with Crippen LogP contribution in [0.5, 0.6) is 0 Å². The predicted molar refractivity (Wildman–Crippen MR) is 66.1 cm³/mol. The first kappa shape index (κ1) is 13.2. The minimum Gasteiger partial charge on any atom is -0.387 e. The van der Waals surface area contributed by atoms with Crippen molar-refractivity contribution < 1.29 is 5.11 Å². The van der Waals surface area contributed by atoms with Gasteiger partial charge < -0.3 is 5.11 Å². The van der Waals surface area contributed by atoms with Crippen molar-refractivity contribution in [2.45, 2.75) is 52.1 Å². The van der Waals surface area contributed by atoms with Gasteiger partial charge in [0.05, 0.1) is 11.8 Å². The summed E-state index contributed by atoms with van der Waals surface area (Å²) in [5.74, 6) is 0.629. The number of aliphatic hydroxyl groups excluding tert-OH is 1. The van der Waals surface area contributed by atoms with E-state index in [1.807, 2.05) is 13.1 Å². The van der Waals surface area contributed by atoms with Gasteiger partial charge in [-0.15, -0.1) is 0 Å². The summed E-state index contributed by atoms with van der Waals surface area (Å²) in [5, 5.41) is 14.2. The van der Waals surface area contributed by atoms with Crippen molar-refractivity contribution >= 4 is 0 Å². The lowest BCUT2D eigenvalue weighted by Gasteiger charge is -2.18. The lowest BCUT2D eigenvalue weighted by Crippen LogP contribution is -2.10. The zero-order valence-corrected chi connectivity index (χ0v) is 10.7. The Morgan fingerprint density at radius 3 is 2.69 bits per heavy atom. The Morgan fingerprint density at radius 1 is 1.44 bits per heavy atom. The van der Waals surface area contributed by atoms with E-state index in [1.165, 1.54) is 19.3 Å². The van der Waals surface area contributed by atoms with Crippen LogP contribution >= 0.6 is 0 Å². The van der Waals surface area contributed by atoms with Gasteiger partial charge in [-0.1, -0.05) is 39.5 Å². The molecule has 1 heterocycles. The quantitative estimate of drug-likeness (QED) is 0.773. The Labute approximate surface area is 98.5 Å². The van der Waals surface area contributed by atoms with Crippen molar-refractivity contribution in [3.05, 3.63) is 18.0 Å². The molecule has 0 saturated carbocycles. The molecule has 1 aromatic rings. The van der Waals surface area contributed by atoms with Crippen LogP contribution in [0.25, 0.3) is 0 Å². The van der Waals surface area contributed by atoms with Gasteiger partial charge in [0.1, 0.15) is 0 Å². The van der Waals surface area contributed by atoms with Crippen molar-refractivity contribution in [1.82, 2.24) is 9.78 Å². The van der Waals surface area contributed by atoms with Crippen molar-refractivity contribution in [1.29, 1.82) is 0 Å². The molecule has 3 heteroatoms. The minimum absolute atomic E-state index is 0.366. The van der Waals surface area contributed by atoms with Crippen LogP contribution in [0.1, 0.15) is 57.7 Å². The zero-order valence-electron chi connectivity index (χ0n) is 10.7. The number of aromatic nitrogens is 2. The highest BCUT2D eigenvalue weighted by Gasteiger charge is 2.16. The van der Waals surface area contributed by atoms with Gasteiger partial charge in [0.25, 0.3) is 0 Å². The number of aliphatic hydroxyl groups is 1. The normalized spacial score (nSPS) is 15.0. The molecule has 0 aliphatic heterocycles. The van der Waals surface area contributed by atoms with E-state index in [0.717, 1.165) is 18.5 Å². The van der Waals surface area contributed by atoms with Crippen molar-refractivity contribution in [2.24, 2.45) is 13.0 Å². The van der Waals surface area contributed by atoms with Gasteiger partial charge >= 0.3 is 0 Å². The maximum absolute atomic E-state index is 10.1. The number of rotatable bonds is 7. The van der Waals surface area contributed by atoms with E-state index in [9.17, 15) is 5.11 Å². The van der Waals surface area contributed by atoms with Crippen LogP contribution in [0.15, 0.2) is 12.3 Å². The second-order valence-electron chi connectivity index (χ2n) is 4.55. The number of aryl methyl sites for hydroxylation is 1. The maximum atomic E-state index is 10.1. The lowest BCUT2D eigenvalue weighted by molar-refractivity contribution is 0.131. The van der Waals surface area contributed by atoms with E-state index < -0.39 is 0 Å². The van der Waals surface area contributed by atoms with Crippen LogP contribution in [0.4, 0.5) is 0 Å². The average Bonchev–Trinajstić information content (AvgIpc) is 2.70. The maximum Gasteiger partial charge on any atom is 0.0959 e. The van der Waals surface area contributed by atoms with Gasteiger partial charge in [-0.05, 0) is 18.4 Å². The molecule has 0 amide bonds. The Morgan fingerprint density at radius 2 is 2.19 bits per heavy atom. The summed E-state index contributed by atoms with van der Waals surface area (Å²) >= 11 is 0. The van der Waals surface area contributed by atoms with Crippen LogP contribution in [0.3, 0.4) is 0 Å². The molecule has 16 heavy (non-hydrogen) atoms. The predicted octanol–water partition coefficient (Wildman–Crippen LogP) is 3.06. The fourth-order valence-corrected chi connectivity index (χ4v) is 2.13. The third-order valence-corrected chi connectivity index (χ3v) is 3.30. The minimum atomic E-state index is -0.366. The number of nitrogens with zero attached hydrogens (tertiary/aromatic N) is 2. The van der Waals surface area contributed by atoms with E-state index in [-0.39, 0.29) is 6.10 Å². The first-order valence-electron chi connectivity index (χ1n) is 6.35. The molecule has 0 spiro atoms. The van der Waals surface area contributed by atoms with Gasteiger partial charge in [0.15, 0.2) is 0 Å². The Hall–Kier alpha value is -0.830. The SMILES string of the molecule is CCCCC(CC)CC(O)c1ccnn1C. The Balaban J connectivity index is 2.48. The van der Waals surface area contributed by atoms with Crippen LogP contribution in [0.2, 0.25) is 0 Å². The Kier molecular flexibility index (Phi) is 5.53. The highest BCUT2D eigenvalue weighted by atomic mass is 16.3. The third-order valence-electron chi connectivity index (χ3n) is 3.30. The Bertz CT molecular complexity index is 296. The summed E-state index contributed by atoms with van der Waals surface area (Å²) < 4.78 is 1.76. The fraction of sp³-hybridized carbons (Fsp3) is 0.769. The molecule has 2 unspecified atom stereocenters. The largest absolute Gasteiger partial charge is 0.387 e. The summed E-state index contributed by atoms with van der Waals surface area (Å²) in [7, 11) is 1.88. The summed E-state index contributed by atoms with van der Waals surface area (Å²) in [6, 6.07) is 1.90. The summed E-state index contributed by atoms with van der Waals surface area (Å²) in [6.45, 7) is 4.42. The molecule has 3 nitrogen and oxygen atoms in total. The molecule has 92 valence electrons. The third kappa shape index (κ3) is 3.63. The molecular weight excluding hydrogens is 200 g/mol. The van der Waals surface area contributed by atoms with Crippen molar-refractivity contribution in [3.63, 3.8) is 0 Å². The van der Waals surface area contributed by atoms with Gasteiger partial charge in [-0.2, -0.15) is 5.10 Å². The second-order valence-corrected chi connectivity index (χ2v) is 4.55. The molecule has 2 atom stereocenters. The smallest absolute Gasteiger partial charge is 0.0959 e. The van der Waals surface area contributed by atoms with Gasteiger partial charge in [-0.3, -0.25) is 4.68 Å². The number of hydrogen-bond donors (Lipinski definition) is 1. The number of unbranched alkanes of at least 4 members (excludes halogenated alkanes) is 1. The highest BCUT2D eigenvalue weighted by Crippen LogP contribution is 2.26. The average molecular weight is 224 g/mol. The van der Waals surface area contributed by atoms with E-state index in [2.05, 4.69) is 18.9 Å². The molecule has 0 aromatic carbocycles. The molecule has 0 fully saturated rings. The molecule has 0 radical (unpaired) electrons. The standard InChI is InChI=1S/C13H24N2O/c1-4-6-7-11(5-2)10-13(16)12-8-9-14-15(12)3/h8-9,11,13,16H,4-7,10H2,1-3H3. The summed E-state index contributed by atoms with van der Waals surface area (Å²) in [5.41, 5.74) is 0.926. The van der Waals surface area contributed by atoms with Gasteiger partial charge in [-0.25, -0.2) is 0 Å². The molecule has 1 rings (SSSR count). The second kappa shape index (κ2) is 6.69. The van der Waals surface area contributed by atoms with Crippen molar-refractivity contribution in [2.75, 3.05) is 0 Å². The molecule has 0 aliphatic carbocycles. The van der Waals surface area contributed by atoms with Crippen LogP contribution < -0.4 is 0 Å². The van der Waals surface area contributed by atoms with E-state index in [0.29, 0.717) is 5.92 Å². The van der Waals surface area contributed by atoms with E-state index >= 15 is 0 Å². The molecular formula is C13H24N2O. The molecule has 1 aromatic heterocycles. The van der Waals surface area contributed by atoms with Crippen LogP contribution in [-0.2, 0) is 7.05 Å². The van der Waals surface area contributed by atoms with Gasteiger partial charge in [0.2, 0.25) is 0 Å². The molecule has 1 N–H and O–H groups in total. The summed E-state index contributed by atoms with van der Waals surface area (Å²) in [4.78, 5) is 0.